The summed E-state index contributed by atoms with van der Waals surface area (Å²) in [6, 6.07) is 0.287. The highest BCUT2D eigenvalue weighted by Gasteiger charge is 2.30. The van der Waals surface area contributed by atoms with Gasteiger partial charge in [-0.1, -0.05) is 0 Å². The van der Waals surface area contributed by atoms with E-state index in [2.05, 4.69) is 21.8 Å². The zero-order chi connectivity index (χ0) is 15.7. The Bertz CT molecular complexity index is 533. The molecule has 0 bridgehead atoms. The molecule has 2 amide bonds. The molecule has 1 N–H and O–H groups in total. The fourth-order valence-corrected chi connectivity index (χ4v) is 3.38. The van der Waals surface area contributed by atoms with E-state index in [1.807, 2.05) is 24.9 Å². The van der Waals surface area contributed by atoms with Crippen molar-refractivity contribution in [3.63, 3.8) is 0 Å². The van der Waals surface area contributed by atoms with Gasteiger partial charge in [0.15, 0.2) is 0 Å². The van der Waals surface area contributed by atoms with Crippen molar-refractivity contribution < 1.29 is 4.79 Å². The van der Waals surface area contributed by atoms with Gasteiger partial charge in [-0.3, -0.25) is 0 Å². The maximum absolute atomic E-state index is 12.2. The quantitative estimate of drug-likeness (QED) is 0.930. The van der Waals surface area contributed by atoms with E-state index in [9.17, 15) is 4.79 Å². The molecule has 122 valence electrons. The van der Waals surface area contributed by atoms with E-state index in [0.29, 0.717) is 11.8 Å². The lowest BCUT2D eigenvalue weighted by Crippen LogP contribution is -2.48. The second kappa shape index (κ2) is 6.31. The minimum Gasteiger partial charge on any atom is -0.336 e. The van der Waals surface area contributed by atoms with Crippen molar-refractivity contribution >= 4 is 6.03 Å². The highest BCUT2D eigenvalue weighted by atomic mass is 16.2. The monoisotopic (exact) mass is 304 g/mol. The molecule has 0 aromatic carbocycles. The summed E-state index contributed by atoms with van der Waals surface area (Å²) in [4.78, 5) is 18.8. The standard InChI is InChI=1S/C17H28N4O/c1-12(2)19-17(22)20-8-4-5-14(10-20)11-21-13(3)9-18-16(21)15-6-7-15/h9,12,14-15H,4-8,10-11H2,1-3H3,(H,19,22). The molecule has 1 atom stereocenters. The number of aryl methyl sites for hydroxylation is 1. The van der Waals surface area contributed by atoms with Crippen molar-refractivity contribution in [1.82, 2.24) is 19.8 Å². The van der Waals surface area contributed by atoms with E-state index >= 15 is 0 Å². The SMILES string of the molecule is Cc1cnc(C2CC2)n1CC1CCCN(C(=O)NC(C)C)C1. The topological polar surface area (TPSA) is 50.2 Å². The van der Waals surface area contributed by atoms with Gasteiger partial charge in [0, 0.05) is 43.5 Å². The number of amides is 2. The maximum Gasteiger partial charge on any atom is 0.317 e. The molecule has 1 saturated heterocycles. The van der Waals surface area contributed by atoms with E-state index in [4.69, 9.17) is 0 Å². The lowest BCUT2D eigenvalue weighted by atomic mass is 9.98. The lowest BCUT2D eigenvalue weighted by Gasteiger charge is -2.34. The summed E-state index contributed by atoms with van der Waals surface area (Å²) in [6.45, 7) is 8.91. The Balaban J connectivity index is 1.63. The summed E-state index contributed by atoms with van der Waals surface area (Å²) < 4.78 is 2.40. The first kappa shape index (κ1) is 15.4. The molecule has 1 unspecified atom stereocenters. The van der Waals surface area contributed by atoms with Crippen LogP contribution in [0.5, 0.6) is 0 Å². The maximum atomic E-state index is 12.2. The van der Waals surface area contributed by atoms with E-state index in [1.54, 1.807) is 0 Å². The number of hydrogen-bond donors (Lipinski definition) is 1. The predicted octanol–water partition coefficient (Wildman–Crippen LogP) is 2.90. The summed E-state index contributed by atoms with van der Waals surface area (Å²) in [7, 11) is 0. The predicted molar refractivity (Wildman–Crippen MR) is 86.9 cm³/mol. The number of piperidine rings is 1. The fourth-order valence-electron chi connectivity index (χ4n) is 3.38. The molecule has 1 aromatic rings. The van der Waals surface area contributed by atoms with Gasteiger partial charge in [-0.25, -0.2) is 9.78 Å². The van der Waals surface area contributed by atoms with E-state index in [0.717, 1.165) is 26.1 Å². The Hall–Kier alpha value is -1.52. The molecule has 1 aromatic heterocycles. The number of urea groups is 1. The fraction of sp³-hybridized carbons (Fsp3) is 0.765. The Labute approximate surface area is 133 Å². The molecule has 2 heterocycles. The molecular formula is C17H28N4O. The van der Waals surface area contributed by atoms with Gasteiger partial charge in [0.2, 0.25) is 0 Å². The largest absolute Gasteiger partial charge is 0.336 e. The average molecular weight is 304 g/mol. The molecular weight excluding hydrogens is 276 g/mol. The first-order valence-corrected chi connectivity index (χ1v) is 8.62. The number of hydrogen-bond acceptors (Lipinski definition) is 2. The Morgan fingerprint density at radius 1 is 1.41 bits per heavy atom. The van der Waals surface area contributed by atoms with Gasteiger partial charge in [0.1, 0.15) is 5.82 Å². The van der Waals surface area contributed by atoms with Crippen LogP contribution in [0.25, 0.3) is 0 Å². The molecule has 3 rings (SSSR count). The van der Waals surface area contributed by atoms with Crippen LogP contribution < -0.4 is 5.32 Å². The van der Waals surface area contributed by atoms with Crippen molar-refractivity contribution in [1.29, 1.82) is 0 Å². The third-order valence-corrected chi connectivity index (χ3v) is 4.69. The van der Waals surface area contributed by atoms with Gasteiger partial charge in [-0.2, -0.15) is 0 Å². The number of nitrogens with zero attached hydrogens (tertiary/aromatic N) is 3. The Morgan fingerprint density at radius 2 is 2.18 bits per heavy atom. The van der Waals surface area contributed by atoms with Crippen LogP contribution in [0.3, 0.4) is 0 Å². The number of imidazole rings is 1. The van der Waals surface area contributed by atoms with Crippen molar-refractivity contribution in [2.24, 2.45) is 5.92 Å². The van der Waals surface area contributed by atoms with Crippen LogP contribution in [-0.2, 0) is 6.54 Å². The zero-order valence-corrected chi connectivity index (χ0v) is 14.0. The summed E-state index contributed by atoms with van der Waals surface area (Å²) in [5.41, 5.74) is 1.26. The molecule has 2 fully saturated rings. The van der Waals surface area contributed by atoms with Crippen molar-refractivity contribution in [2.75, 3.05) is 13.1 Å². The molecule has 0 radical (unpaired) electrons. The Kier molecular flexibility index (Phi) is 4.41. The number of likely N-dealkylation sites (tertiary alicyclic amines) is 1. The lowest BCUT2D eigenvalue weighted by molar-refractivity contribution is 0.157. The second-order valence-electron chi connectivity index (χ2n) is 7.20. The summed E-state index contributed by atoms with van der Waals surface area (Å²) in [5.74, 6) is 2.48. The second-order valence-corrected chi connectivity index (χ2v) is 7.20. The van der Waals surface area contributed by atoms with Crippen molar-refractivity contribution in [3.8, 4) is 0 Å². The summed E-state index contributed by atoms with van der Waals surface area (Å²) in [5, 5.41) is 3.01. The highest BCUT2D eigenvalue weighted by molar-refractivity contribution is 5.74. The normalized spacial score (nSPS) is 22.2. The van der Waals surface area contributed by atoms with Crippen LogP contribution in [0, 0.1) is 12.8 Å². The van der Waals surface area contributed by atoms with Gasteiger partial charge in [0.05, 0.1) is 0 Å². The van der Waals surface area contributed by atoms with Crippen LogP contribution in [0.15, 0.2) is 6.20 Å². The molecule has 1 aliphatic heterocycles. The van der Waals surface area contributed by atoms with Gasteiger partial charge in [0.25, 0.3) is 0 Å². The minimum atomic E-state index is 0.0875. The summed E-state index contributed by atoms with van der Waals surface area (Å²) >= 11 is 0. The number of carbonyl (C=O) groups is 1. The molecule has 1 aliphatic carbocycles. The molecule has 5 heteroatoms. The zero-order valence-electron chi connectivity index (χ0n) is 14.0. The van der Waals surface area contributed by atoms with E-state index < -0.39 is 0 Å². The van der Waals surface area contributed by atoms with Crippen LogP contribution in [0.4, 0.5) is 4.79 Å². The molecule has 5 nitrogen and oxygen atoms in total. The third-order valence-electron chi connectivity index (χ3n) is 4.69. The van der Waals surface area contributed by atoms with Crippen LogP contribution in [0.1, 0.15) is 57.0 Å². The molecule has 0 spiro atoms. The van der Waals surface area contributed by atoms with Crippen LogP contribution >= 0.6 is 0 Å². The summed E-state index contributed by atoms with van der Waals surface area (Å²) in [6.07, 6.45) is 6.86. The van der Waals surface area contributed by atoms with Crippen molar-refractivity contribution in [2.45, 2.75) is 65.0 Å². The highest BCUT2D eigenvalue weighted by Crippen LogP contribution is 2.39. The van der Waals surface area contributed by atoms with Crippen LogP contribution in [0.2, 0.25) is 0 Å². The number of carbonyl (C=O) groups excluding carboxylic acids is 1. The molecule has 1 saturated carbocycles. The smallest absolute Gasteiger partial charge is 0.317 e. The number of aromatic nitrogens is 2. The number of rotatable bonds is 4. The minimum absolute atomic E-state index is 0.0875. The van der Waals surface area contributed by atoms with E-state index in [1.165, 1.54) is 30.8 Å². The Morgan fingerprint density at radius 3 is 2.86 bits per heavy atom. The average Bonchev–Trinajstić information content (AvgIpc) is 3.25. The van der Waals surface area contributed by atoms with Crippen molar-refractivity contribution in [3.05, 3.63) is 17.7 Å². The molecule has 22 heavy (non-hydrogen) atoms. The van der Waals surface area contributed by atoms with Gasteiger partial charge in [-0.05, 0) is 52.4 Å². The number of nitrogens with one attached hydrogen (secondary N) is 1. The van der Waals surface area contributed by atoms with Gasteiger partial charge < -0.3 is 14.8 Å². The molecule has 2 aliphatic rings. The first-order valence-electron chi connectivity index (χ1n) is 8.62. The van der Waals surface area contributed by atoms with Crippen LogP contribution in [-0.4, -0.2) is 39.6 Å². The first-order chi connectivity index (χ1) is 10.5. The third kappa shape index (κ3) is 3.45. The van der Waals surface area contributed by atoms with Gasteiger partial charge in [-0.15, -0.1) is 0 Å². The van der Waals surface area contributed by atoms with Gasteiger partial charge >= 0.3 is 6.03 Å². The van der Waals surface area contributed by atoms with E-state index in [-0.39, 0.29) is 12.1 Å².